The van der Waals surface area contributed by atoms with Gasteiger partial charge in [-0.2, -0.15) is 4.98 Å². The monoisotopic (exact) mass is 310 g/mol. The van der Waals surface area contributed by atoms with Crippen molar-refractivity contribution in [1.82, 2.24) is 20.4 Å². The van der Waals surface area contributed by atoms with E-state index in [0.29, 0.717) is 17.4 Å². The van der Waals surface area contributed by atoms with E-state index in [2.05, 4.69) is 36.4 Å². The topological polar surface area (TPSA) is 63.8 Å². The van der Waals surface area contributed by atoms with E-state index >= 15 is 0 Å². The van der Waals surface area contributed by atoms with E-state index in [4.69, 9.17) is 4.52 Å². The van der Waals surface area contributed by atoms with E-state index in [9.17, 15) is 0 Å². The van der Waals surface area contributed by atoms with Gasteiger partial charge in [-0.3, -0.25) is 4.98 Å². The van der Waals surface area contributed by atoms with Crippen LogP contribution in [0.1, 0.15) is 26.7 Å². The maximum Gasteiger partial charge on any atom is 0.246 e. The third-order valence-corrected chi connectivity index (χ3v) is 3.00. The zero-order valence-corrected chi connectivity index (χ0v) is 12.2. The minimum absolute atomic E-state index is 0.338. The summed E-state index contributed by atoms with van der Waals surface area (Å²) in [6.07, 6.45) is 1.71. The Morgan fingerprint density at radius 1 is 1.39 bits per heavy atom. The van der Waals surface area contributed by atoms with Gasteiger partial charge in [0.25, 0.3) is 0 Å². The Balaban J connectivity index is 2.28. The summed E-state index contributed by atoms with van der Waals surface area (Å²) in [4.78, 5) is 8.62. The number of aromatic nitrogens is 3. The van der Waals surface area contributed by atoms with Gasteiger partial charge < -0.3 is 9.84 Å². The van der Waals surface area contributed by atoms with Gasteiger partial charge in [0, 0.05) is 10.7 Å². The van der Waals surface area contributed by atoms with E-state index in [0.717, 1.165) is 11.0 Å². The number of rotatable bonds is 4. The SMILES string of the molecule is CCNC(C)(C)c1nc(-c2ccc(Br)cn2)no1. The van der Waals surface area contributed by atoms with Crippen LogP contribution in [0.15, 0.2) is 27.3 Å². The van der Waals surface area contributed by atoms with Gasteiger partial charge in [0.15, 0.2) is 0 Å². The molecule has 0 unspecified atom stereocenters. The molecule has 0 aliphatic heterocycles. The first kappa shape index (κ1) is 13.2. The molecule has 0 aromatic carbocycles. The molecule has 0 radical (unpaired) electrons. The Bertz CT molecular complexity index is 521. The predicted octanol–water partition coefficient (Wildman–Crippen LogP) is 2.74. The fourth-order valence-electron chi connectivity index (χ4n) is 1.61. The average molecular weight is 311 g/mol. The summed E-state index contributed by atoms with van der Waals surface area (Å²) in [5.74, 6) is 1.06. The van der Waals surface area contributed by atoms with Crippen LogP contribution < -0.4 is 5.32 Å². The van der Waals surface area contributed by atoms with E-state index in [1.807, 2.05) is 32.9 Å². The Hall–Kier alpha value is -1.27. The van der Waals surface area contributed by atoms with Crippen LogP contribution >= 0.6 is 15.9 Å². The fraction of sp³-hybridized carbons (Fsp3) is 0.417. The molecule has 1 N–H and O–H groups in total. The van der Waals surface area contributed by atoms with Crippen LogP contribution in [0.3, 0.4) is 0 Å². The normalized spacial score (nSPS) is 11.8. The molecule has 0 saturated carbocycles. The number of nitrogens with one attached hydrogen (secondary N) is 1. The largest absolute Gasteiger partial charge is 0.337 e. The van der Waals surface area contributed by atoms with Crippen LogP contribution in [0.25, 0.3) is 11.5 Å². The van der Waals surface area contributed by atoms with Crippen molar-refractivity contribution in [3.05, 3.63) is 28.7 Å². The smallest absolute Gasteiger partial charge is 0.246 e. The van der Waals surface area contributed by atoms with Crippen molar-refractivity contribution in [2.45, 2.75) is 26.3 Å². The molecule has 2 aromatic rings. The lowest BCUT2D eigenvalue weighted by molar-refractivity contribution is 0.272. The zero-order chi connectivity index (χ0) is 13.2. The predicted molar refractivity (Wildman–Crippen MR) is 71.9 cm³/mol. The molecule has 2 rings (SSSR count). The molecule has 0 amide bonds. The van der Waals surface area contributed by atoms with Crippen LogP contribution in [0.5, 0.6) is 0 Å². The molecule has 2 heterocycles. The van der Waals surface area contributed by atoms with Gasteiger partial charge in [0.2, 0.25) is 11.7 Å². The van der Waals surface area contributed by atoms with Crippen LogP contribution in [-0.4, -0.2) is 21.7 Å². The van der Waals surface area contributed by atoms with Crippen molar-refractivity contribution in [3.8, 4) is 11.5 Å². The first-order valence-corrected chi connectivity index (χ1v) is 6.53. The van der Waals surface area contributed by atoms with Crippen molar-refractivity contribution in [3.63, 3.8) is 0 Å². The Morgan fingerprint density at radius 3 is 2.78 bits per heavy atom. The molecular formula is C12H15BrN4O. The fourth-order valence-corrected chi connectivity index (χ4v) is 1.84. The minimum Gasteiger partial charge on any atom is -0.337 e. The second-order valence-corrected chi connectivity index (χ2v) is 5.36. The summed E-state index contributed by atoms with van der Waals surface area (Å²) in [6.45, 7) is 6.88. The molecule has 0 aliphatic rings. The van der Waals surface area contributed by atoms with Crippen LogP contribution in [0.4, 0.5) is 0 Å². The molecule has 0 bridgehead atoms. The Labute approximate surface area is 114 Å². The summed E-state index contributed by atoms with van der Waals surface area (Å²) in [5.41, 5.74) is 0.357. The number of halogens is 1. The number of hydrogen-bond donors (Lipinski definition) is 1. The van der Waals surface area contributed by atoms with Crippen molar-refractivity contribution in [2.75, 3.05) is 6.54 Å². The van der Waals surface area contributed by atoms with Gasteiger partial charge in [-0.25, -0.2) is 0 Å². The molecule has 0 spiro atoms. The lowest BCUT2D eigenvalue weighted by Gasteiger charge is -2.20. The minimum atomic E-state index is -0.338. The summed E-state index contributed by atoms with van der Waals surface area (Å²) < 4.78 is 6.21. The highest BCUT2D eigenvalue weighted by Crippen LogP contribution is 2.21. The van der Waals surface area contributed by atoms with Crippen LogP contribution in [-0.2, 0) is 5.54 Å². The van der Waals surface area contributed by atoms with Gasteiger partial charge in [0.05, 0.1) is 5.54 Å². The van der Waals surface area contributed by atoms with E-state index in [-0.39, 0.29) is 5.54 Å². The summed E-state index contributed by atoms with van der Waals surface area (Å²) in [6, 6.07) is 3.74. The van der Waals surface area contributed by atoms with Gasteiger partial charge in [0.1, 0.15) is 5.69 Å². The van der Waals surface area contributed by atoms with Crippen molar-refractivity contribution in [2.24, 2.45) is 0 Å². The molecular weight excluding hydrogens is 296 g/mol. The summed E-state index contributed by atoms with van der Waals surface area (Å²) in [7, 11) is 0. The van der Waals surface area contributed by atoms with Crippen molar-refractivity contribution in [1.29, 1.82) is 0 Å². The third-order valence-electron chi connectivity index (χ3n) is 2.54. The van der Waals surface area contributed by atoms with E-state index in [1.165, 1.54) is 0 Å². The van der Waals surface area contributed by atoms with Crippen LogP contribution in [0.2, 0.25) is 0 Å². The highest BCUT2D eigenvalue weighted by Gasteiger charge is 2.26. The van der Waals surface area contributed by atoms with Gasteiger partial charge in [-0.1, -0.05) is 12.1 Å². The lowest BCUT2D eigenvalue weighted by Crippen LogP contribution is -2.36. The molecule has 18 heavy (non-hydrogen) atoms. The number of nitrogens with zero attached hydrogens (tertiary/aromatic N) is 3. The molecule has 2 aromatic heterocycles. The highest BCUT2D eigenvalue weighted by molar-refractivity contribution is 9.10. The summed E-state index contributed by atoms with van der Waals surface area (Å²) in [5, 5.41) is 7.25. The highest BCUT2D eigenvalue weighted by atomic mass is 79.9. The quantitative estimate of drug-likeness (QED) is 0.940. The maximum atomic E-state index is 5.29. The standard InChI is InChI=1S/C12H15BrN4O/c1-4-15-12(2,3)11-16-10(17-18-11)9-6-5-8(13)7-14-9/h5-7,15H,4H2,1-3H3. The second kappa shape index (κ2) is 5.16. The van der Waals surface area contributed by atoms with E-state index < -0.39 is 0 Å². The second-order valence-electron chi connectivity index (χ2n) is 4.44. The Morgan fingerprint density at radius 2 is 2.17 bits per heavy atom. The first-order chi connectivity index (χ1) is 8.53. The maximum absolute atomic E-state index is 5.29. The molecule has 96 valence electrons. The molecule has 0 saturated heterocycles. The molecule has 0 aliphatic carbocycles. The molecule has 6 heteroatoms. The number of pyridine rings is 1. The molecule has 0 fully saturated rings. The van der Waals surface area contributed by atoms with Gasteiger partial charge >= 0.3 is 0 Å². The van der Waals surface area contributed by atoms with Gasteiger partial charge in [-0.05, 0) is 48.5 Å². The van der Waals surface area contributed by atoms with E-state index in [1.54, 1.807) is 6.20 Å². The Kier molecular flexibility index (Phi) is 3.77. The molecule has 5 nitrogen and oxygen atoms in total. The summed E-state index contributed by atoms with van der Waals surface area (Å²) >= 11 is 3.34. The average Bonchev–Trinajstić information content (AvgIpc) is 2.80. The lowest BCUT2D eigenvalue weighted by atomic mass is 10.1. The third kappa shape index (κ3) is 2.76. The van der Waals surface area contributed by atoms with Gasteiger partial charge in [-0.15, -0.1) is 0 Å². The number of hydrogen-bond acceptors (Lipinski definition) is 5. The van der Waals surface area contributed by atoms with Crippen molar-refractivity contribution < 1.29 is 4.52 Å². The van der Waals surface area contributed by atoms with Crippen LogP contribution in [0, 0.1) is 0 Å². The van der Waals surface area contributed by atoms with Crippen molar-refractivity contribution >= 4 is 15.9 Å². The molecule has 0 atom stereocenters. The first-order valence-electron chi connectivity index (χ1n) is 5.74. The zero-order valence-electron chi connectivity index (χ0n) is 10.6.